The van der Waals surface area contributed by atoms with Crippen molar-refractivity contribution < 1.29 is 4.42 Å². The van der Waals surface area contributed by atoms with E-state index in [-0.39, 0.29) is 0 Å². The number of furan rings is 1. The van der Waals surface area contributed by atoms with E-state index in [2.05, 4.69) is 50.3 Å². The normalized spacial score (nSPS) is 25.2. The van der Waals surface area contributed by atoms with Gasteiger partial charge in [0.2, 0.25) is 0 Å². The van der Waals surface area contributed by atoms with Gasteiger partial charge in [-0.15, -0.1) is 0 Å². The Morgan fingerprint density at radius 1 is 1.47 bits per heavy atom. The number of nitrogens with one attached hydrogen (secondary N) is 1. The smallest absolute Gasteiger partial charge is 0.117 e. The van der Waals surface area contributed by atoms with Crippen LogP contribution in [0.25, 0.3) is 0 Å². The number of rotatable bonds is 6. The van der Waals surface area contributed by atoms with Crippen molar-refractivity contribution in [2.45, 2.75) is 38.8 Å². The Balaban J connectivity index is 1.77. The highest BCUT2D eigenvalue weighted by Gasteiger charge is 2.36. The average molecular weight is 236 g/mol. The van der Waals surface area contributed by atoms with Crippen LogP contribution < -0.4 is 5.32 Å². The summed E-state index contributed by atoms with van der Waals surface area (Å²) < 4.78 is 5.86. The average Bonchev–Trinajstić information content (AvgIpc) is 2.78. The largest absolute Gasteiger partial charge is 0.464 e. The van der Waals surface area contributed by atoms with Crippen LogP contribution in [-0.2, 0) is 6.54 Å². The SMILES string of the molecule is CC(CN(C)C)NCc1ccc(C2CC2C)o1. The zero-order chi connectivity index (χ0) is 12.4. The molecule has 3 heteroatoms. The highest BCUT2D eigenvalue weighted by atomic mass is 16.3. The molecule has 2 rings (SSSR count). The van der Waals surface area contributed by atoms with Gasteiger partial charge in [-0.2, -0.15) is 0 Å². The van der Waals surface area contributed by atoms with Gasteiger partial charge in [0.15, 0.2) is 0 Å². The molecule has 0 amide bonds. The van der Waals surface area contributed by atoms with Crippen LogP contribution >= 0.6 is 0 Å². The molecule has 0 radical (unpaired) electrons. The van der Waals surface area contributed by atoms with E-state index in [9.17, 15) is 0 Å². The molecule has 1 saturated carbocycles. The van der Waals surface area contributed by atoms with Gasteiger partial charge in [0.1, 0.15) is 11.5 Å². The predicted molar refractivity (Wildman–Crippen MR) is 70.1 cm³/mol. The first-order valence-corrected chi connectivity index (χ1v) is 6.53. The third kappa shape index (κ3) is 3.58. The molecule has 1 aliphatic carbocycles. The lowest BCUT2D eigenvalue weighted by atomic mass is 10.3. The summed E-state index contributed by atoms with van der Waals surface area (Å²) in [6.07, 6.45) is 1.29. The van der Waals surface area contributed by atoms with E-state index in [0.29, 0.717) is 12.0 Å². The highest BCUT2D eigenvalue weighted by Crippen LogP contribution is 2.47. The Labute approximate surface area is 104 Å². The van der Waals surface area contributed by atoms with Crippen LogP contribution in [0.5, 0.6) is 0 Å². The molecule has 1 aliphatic rings. The van der Waals surface area contributed by atoms with Crippen molar-refractivity contribution >= 4 is 0 Å². The fraction of sp³-hybridized carbons (Fsp3) is 0.714. The summed E-state index contributed by atoms with van der Waals surface area (Å²) in [5.74, 6) is 3.73. The molecule has 0 spiro atoms. The van der Waals surface area contributed by atoms with Crippen LogP contribution in [0.4, 0.5) is 0 Å². The zero-order valence-electron chi connectivity index (χ0n) is 11.4. The fourth-order valence-electron chi connectivity index (χ4n) is 2.29. The molecular formula is C14H24N2O. The summed E-state index contributed by atoms with van der Waals surface area (Å²) >= 11 is 0. The topological polar surface area (TPSA) is 28.4 Å². The van der Waals surface area contributed by atoms with Gasteiger partial charge in [0, 0.05) is 18.5 Å². The van der Waals surface area contributed by atoms with E-state index in [1.54, 1.807) is 0 Å². The van der Waals surface area contributed by atoms with Crippen molar-refractivity contribution in [3.05, 3.63) is 23.7 Å². The minimum atomic E-state index is 0.485. The van der Waals surface area contributed by atoms with Crippen molar-refractivity contribution in [2.24, 2.45) is 5.92 Å². The summed E-state index contributed by atoms with van der Waals surface area (Å²) in [4.78, 5) is 2.19. The molecule has 3 atom stereocenters. The second-order valence-corrected chi connectivity index (χ2v) is 5.67. The van der Waals surface area contributed by atoms with Crippen molar-refractivity contribution in [1.82, 2.24) is 10.2 Å². The molecule has 1 fully saturated rings. The van der Waals surface area contributed by atoms with Gasteiger partial charge >= 0.3 is 0 Å². The molecule has 1 N–H and O–H groups in total. The second-order valence-electron chi connectivity index (χ2n) is 5.67. The van der Waals surface area contributed by atoms with E-state index in [4.69, 9.17) is 4.42 Å². The Morgan fingerprint density at radius 2 is 2.18 bits per heavy atom. The molecule has 3 nitrogen and oxygen atoms in total. The first-order chi connectivity index (χ1) is 8.06. The van der Waals surface area contributed by atoms with Gasteiger partial charge in [-0.25, -0.2) is 0 Å². The van der Waals surface area contributed by atoms with Crippen LogP contribution in [-0.4, -0.2) is 31.6 Å². The van der Waals surface area contributed by atoms with Crippen LogP contribution in [0, 0.1) is 5.92 Å². The number of likely N-dealkylation sites (N-methyl/N-ethyl adjacent to an activating group) is 1. The van der Waals surface area contributed by atoms with Gasteiger partial charge in [-0.1, -0.05) is 6.92 Å². The van der Waals surface area contributed by atoms with E-state index in [1.165, 1.54) is 12.2 Å². The van der Waals surface area contributed by atoms with Gasteiger partial charge in [0.05, 0.1) is 6.54 Å². The van der Waals surface area contributed by atoms with Crippen LogP contribution in [0.2, 0.25) is 0 Å². The van der Waals surface area contributed by atoms with Gasteiger partial charge in [0.25, 0.3) is 0 Å². The Bertz CT molecular complexity index is 359. The molecule has 0 saturated heterocycles. The number of hydrogen-bond donors (Lipinski definition) is 1. The molecular weight excluding hydrogens is 212 g/mol. The molecule has 0 aromatic carbocycles. The van der Waals surface area contributed by atoms with Crippen LogP contribution in [0.15, 0.2) is 16.5 Å². The molecule has 3 unspecified atom stereocenters. The standard InChI is InChI=1S/C14H24N2O/c1-10-7-13(10)14-6-5-12(17-14)8-15-11(2)9-16(3)4/h5-6,10-11,13,15H,7-9H2,1-4H3. The maximum atomic E-state index is 5.86. The Hall–Kier alpha value is -0.800. The van der Waals surface area contributed by atoms with E-state index < -0.39 is 0 Å². The lowest BCUT2D eigenvalue weighted by Gasteiger charge is -2.17. The Morgan fingerprint density at radius 3 is 2.76 bits per heavy atom. The number of hydrogen-bond acceptors (Lipinski definition) is 3. The fourth-order valence-corrected chi connectivity index (χ4v) is 2.29. The van der Waals surface area contributed by atoms with E-state index in [0.717, 1.165) is 24.8 Å². The minimum Gasteiger partial charge on any atom is -0.464 e. The van der Waals surface area contributed by atoms with Crippen molar-refractivity contribution in [3.8, 4) is 0 Å². The maximum Gasteiger partial charge on any atom is 0.117 e. The monoisotopic (exact) mass is 236 g/mol. The van der Waals surface area contributed by atoms with E-state index >= 15 is 0 Å². The quantitative estimate of drug-likeness (QED) is 0.822. The third-order valence-corrected chi connectivity index (χ3v) is 3.42. The van der Waals surface area contributed by atoms with Gasteiger partial charge in [-0.3, -0.25) is 0 Å². The summed E-state index contributed by atoms with van der Waals surface area (Å²) in [6.45, 7) is 6.36. The highest BCUT2D eigenvalue weighted by molar-refractivity contribution is 5.17. The summed E-state index contributed by atoms with van der Waals surface area (Å²) in [6, 6.07) is 4.73. The molecule has 1 aromatic heterocycles. The van der Waals surface area contributed by atoms with Gasteiger partial charge in [-0.05, 0) is 45.5 Å². The van der Waals surface area contributed by atoms with Crippen molar-refractivity contribution in [3.63, 3.8) is 0 Å². The third-order valence-electron chi connectivity index (χ3n) is 3.42. The second kappa shape index (κ2) is 5.23. The molecule has 1 aromatic rings. The molecule has 0 bridgehead atoms. The minimum absolute atomic E-state index is 0.485. The summed E-state index contributed by atoms with van der Waals surface area (Å²) in [7, 11) is 4.19. The Kier molecular flexibility index (Phi) is 3.89. The van der Waals surface area contributed by atoms with Gasteiger partial charge < -0.3 is 14.6 Å². The predicted octanol–water partition coefficient (Wildman–Crippen LogP) is 2.44. The van der Waals surface area contributed by atoms with Crippen LogP contribution in [0.3, 0.4) is 0 Å². The number of nitrogens with zero attached hydrogens (tertiary/aromatic N) is 1. The van der Waals surface area contributed by atoms with Crippen LogP contribution in [0.1, 0.15) is 37.7 Å². The van der Waals surface area contributed by atoms with Crippen molar-refractivity contribution in [2.75, 3.05) is 20.6 Å². The van der Waals surface area contributed by atoms with Crippen molar-refractivity contribution in [1.29, 1.82) is 0 Å². The summed E-state index contributed by atoms with van der Waals surface area (Å²) in [5.41, 5.74) is 0. The summed E-state index contributed by atoms with van der Waals surface area (Å²) in [5, 5.41) is 3.48. The molecule has 1 heterocycles. The first kappa shape index (κ1) is 12.7. The zero-order valence-corrected chi connectivity index (χ0v) is 11.4. The molecule has 96 valence electrons. The molecule has 0 aliphatic heterocycles. The maximum absolute atomic E-state index is 5.86. The molecule has 17 heavy (non-hydrogen) atoms. The van der Waals surface area contributed by atoms with E-state index in [1.807, 2.05) is 0 Å². The lowest BCUT2D eigenvalue weighted by Crippen LogP contribution is -2.35. The first-order valence-electron chi connectivity index (χ1n) is 6.53. The lowest BCUT2D eigenvalue weighted by molar-refractivity contribution is 0.339.